The third kappa shape index (κ3) is 5.40. The predicted octanol–water partition coefficient (Wildman–Crippen LogP) is 1.11. The van der Waals surface area contributed by atoms with Gasteiger partial charge in [-0.05, 0) is 30.5 Å². The Hall–Kier alpha value is -1.80. The van der Waals surface area contributed by atoms with Crippen molar-refractivity contribution in [3.8, 4) is 11.5 Å². The van der Waals surface area contributed by atoms with Crippen LogP contribution in [0.1, 0.15) is 30.6 Å². The van der Waals surface area contributed by atoms with Crippen LogP contribution in [-0.4, -0.2) is 40.0 Å². The molecule has 0 bridgehead atoms. The van der Waals surface area contributed by atoms with Gasteiger partial charge < -0.3 is 14.8 Å². The van der Waals surface area contributed by atoms with Gasteiger partial charge >= 0.3 is 0 Å². The van der Waals surface area contributed by atoms with E-state index < -0.39 is 10.0 Å². The van der Waals surface area contributed by atoms with Crippen LogP contribution in [0.4, 0.5) is 0 Å². The zero-order chi connectivity index (χ0) is 16.9. The normalized spacial score (nSPS) is 13.3. The molecular weight excluding hydrogens is 320 g/mol. The van der Waals surface area contributed by atoms with E-state index in [4.69, 9.17) is 9.47 Å². The van der Waals surface area contributed by atoms with Crippen LogP contribution in [0, 0.1) is 5.92 Å². The number of sulfonamides is 1. The van der Waals surface area contributed by atoms with Crippen molar-refractivity contribution in [3.05, 3.63) is 23.8 Å². The van der Waals surface area contributed by atoms with Crippen molar-refractivity contribution < 1.29 is 22.7 Å². The molecule has 0 aliphatic carbocycles. The van der Waals surface area contributed by atoms with Crippen LogP contribution in [0.2, 0.25) is 0 Å². The maximum absolute atomic E-state index is 12.0. The number of rotatable bonds is 8. The molecule has 0 fully saturated rings. The molecule has 0 saturated carbocycles. The Morgan fingerprint density at radius 3 is 2.70 bits per heavy atom. The zero-order valence-corrected chi connectivity index (χ0v) is 14.1. The first-order valence-corrected chi connectivity index (χ1v) is 9.18. The second-order valence-electron chi connectivity index (χ2n) is 5.72. The molecule has 1 aromatic carbocycles. The average Bonchev–Trinajstić information content (AvgIpc) is 2.93. The summed E-state index contributed by atoms with van der Waals surface area (Å²) in [5.74, 6) is 1.05. The fourth-order valence-electron chi connectivity index (χ4n) is 2.01. The van der Waals surface area contributed by atoms with E-state index in [2.05, 4.69) is 10.0 Å². The van der Waals surface area contributed by atoms with E-state index >= 15 is 0 Å². The van der Waals surface area contributed by atoms with Crippen molar-refractivity contribution in [2.45, 2.75) is 20.3 Å². The number of hydrogen-bond acceptors (Lipinski definition) is 5. The fourth-order valence-corrected chi connectivity index (χ4v) is 2.96. The highest BCUT2D eigenvalue weighted by molar-refractivity contribution is 7.89. The van der Waals surface area contributed by atoms with Crippen LogP contribution in [0.25, 0.3) is 0 Å². The lowest BCUT2D eigenvalue weighted by atomic mass is 10.1. The summed E-state index contributed by atoms with van der Waals surface area (Å²) in [6, 6.07) is 4.84. The minimum atomic E-state index is -3.37. The fraction of sp³-hybridized carbons (Fsp3) is 0.533. The average molecular weight is 342 g/mol. The SMILES string of the molecule is CC(C)CCNS(=O)(=O)CCNC(=O)c1ccc2c(c1)OCO2. The van der Waals surface area contributed by atoms with Gasteiger partial charge in [-0.3, -0.25) is 4.79 Å². The smallest absolute Gasteiger partial charge is 0.251 e. The highest BCUT2D eigenvalue weighted by atomic mass is 32.2. The molecule has 1 aromatic rings. The van der Waals surface area contributed by atoms with Gasteiger partial charge in [0.05, 0.1) is 5.75 Å². The van der Waals surface area contributed by atoms with Gasteiger partial charge in [-0.1, -0.05) is 13.8 Å². The number of nitrogens with one attached hydrogen (secondary N) is 2. The van der Waals surface area contributed by atoms with Crippen LogP contribution in [0.15, 0.2) is 18.2 Å². The quantitative estimate of drug-likeness (QED) is 0.738. The molecule has 0 unspecified atom stereocenters. The first kappa shape index (κ1) is 17.6. The molecular formula is C15H22N2O5S. The second-order valence-corrected chi connectivity index (χ2v) is 7.65. The minimum Gasteiger partial charge on any atom is -0.454 e. The Kier molecular flexibility index (Phi) is 5.84. The van der Waals surface area contributed by atoms with E-state index in [0.29, 0.717) is 29.5 Å². The van der Waals surface area contributed by atoms with Crippen LogP contribution < -0.4 is 19.5 Å². The van der Waals surface area contributed by atoms with Crippen molar-refractivity contribution >= 4 is 15.9 Å². The highest BCUT2D eigenvalue weighted by Gasteiger charge is 2.16. The summed E-state index contributed by atoms with van der Waals surface area (Å²) < 4.78 is 36.5. The number of amides is 1. The van der Waals surface area contributed by atoms with Crippen LogP contribution >= 0.6 is 0 Å². The summed E-state index contributed by atoms with van der Waals surface area (Å²) in [7, 11) is -3.37. The van der Waals surface area contributed by atoms with Crippen LogP contribution in [-0.2, 0) is 10.0 Å². The van der Waals surface area contributed by atoms with Gasteiger partial charge in [0.25, 0.3) is 5.91 Å². The van der Waals surface area contributed by atoms with Gasteiger partial charge in [-0.2, -0.15) is 0 Å². The van der Waals surface area contributed by atoms with E-state index in [0.717, 1.165) is 6.42 Å². The number of hydrogen-bond donors (Lipinski definition) is 2. The molecule has 128 valence electrons. The monoisotopic (exact) mass is 342 g/mol. The number of benzene rings is 1. The van der Waals surface area contributed by atoms with Gasteiger partial charge in [0, 0.05) is 18.7 Å². The van der Waals surface area contributed by atoms with Gasteiger partial charge in [-0.15, -0.1) is 0 Å². The molecule has 8 heteroatoms. The molecule has 1 aliphatic heterocycles. The summed E-state index contributed by atoms with van der Waals surface area (Å²) in [4.78, 5) is 12.0. The third-order valence-corrected chi connectivity index (χ3v) is 4.72. The van der Waals surface area contributed by atoms with Gasteiger partial charge in [-0.25, -0.2) is 13.1 Å². The summed E-state index contributed by atoms with van der Waals surface area (Å²) in [5.41, 5.74) is 0.402. The molecule has 1 amide bonds. The van der Waals surface area contributed by atoms with Crippen molar-refractivity contribution in [1.29, 1.82) is 0 Å². The first-order chi connectivity index (χ1) is 10.9. The van der Waals surface area contributed by atoms with Gasteiger partial charge in [0.1, 0.15) is 0 Å². The van der Waals surface area contributed by atoms with E-state index in [1.165, 1.54) is 0 Å². The summed E-state index contributed by atoms with van der Waals surface area (Å²) in [5, 5.41) is 2.59. The number of fused-ring (bicyclic) bond motifs is 1. The molecule has 0 spiro atoms. The molecule has 0 aromatic heterocycles. The Balaban J connectivity index is 1.78. The maximum Gasteiger partial charge on any atom is 0.251 e. The Morgan fingerprint density at radius 1 is 1.22 bits per heavy atom. The lowest BCUT2D eigenvalue weighted by Crippen LogP contribution is -2.35. The molecule has 2 rings (SSSR count). The van der Waals surface area contributed by atoms with E-state index in [9.17, 15) is 13.2 Å². The highest BCUT2D eigenvalue weighted by Crippen LogP contribution is 2.32. The summed E-state index contributed by atoms with van der Waals surface area (Å²) in [6.07, 6.45) is 0.781. The lowest BCUT2D eigenvalue weighted by Gasteiger charge is -2.09. The summed E-state index contributed by atoms with van der Waals surface area (Å²) >= 11 is 0. The topological polar surface area (TPSA) is 93.7 Å². The van der Waals surface area contributed by atoms with Crippen LogP contribution in [0.3, 0.4) is 0 Å². The molecule has 1 aliphatic rings. The third-order valence-electron chi connectivity index (χ3n) is 3.33. The van der Waals surface area contributed by atoms with E-state index in [-0.39, 0.29) is 25.0 Å². The molecule has 1 heterocycles. The molecule has 7 nitrogen and oxygen atoms in total. The van der Waals surface area contributed by atoms with Crippen molar-refractivity contribution in [3.63, 3.8) is 0 Å². The molecule has 0 saturated heterocycles. The van der Waals surface area contributed by atoms with Crippen molar-refractivity contribution in [2.75, 3.05) is 25.6 Å². The molecule has 0 radical (unpaired) electrons. The Morgan fingerprint density at radius 2 is 1.96 bits per heavy atom. The van der Waals surface area contributed by atoms with E-state index in [1.807, 2.05) is 13.8 Å². The first-order valence-electron chi connectivity index (χ1n) is 7.52. The summed E-state index contributed by atoms with van der Waals surface area (Å²) in [6.45, 7) is 4.65. The molecule has 0 atom stereocenters. The maximum atomic E-state index is 12.0. The van der Waals surface area contributed by atoms with Crippen LogP contribution in [0.5, 0.6) is 11.5 Å². The minimum absolute atomic E-state index is 0.0459. The van der Waals surface area contributed by atoms with Gasteiger partial charge in [0.2, 0.25) is 16.8 Å². The number of carbonyl (C=O) groups is 1. The predicted molar refractivity (Wildman–Crippen MR) is 86.1 cm³/mol. The Bertz CT molecular complexity index is 658. The largest absolute Gasteiger partial charge is 0.454 e. The Labute approximate surface area is 136 Å². The zero-order valence-electron chi connectivity index (χ0n) is 13.3. The van der Waals surface area contributed by atoms with Gasteiger partial charge in [0.15, 0.2) is 11.5 Å². The van der Waals surface area contributed by atoms with Crippen molar-refractivity contribution in [1.82, 2.24) is 10.0 Å². The van der Waals surface area contributed by atoms with E-state index in [1.54, 1.807) is 18.2 Å². The standard InChI is InChI=1S/C15H22N2O5S/c1-11(2)5-6-17-23(19,20)8-7-16-15(18)12-3-4-13-14(9-12)22-10-21-13/h3-4,9,11,17H,5-8,10H2,1-2H3,(H,16,18). The van der Waals surface area contributed by atoms with Crippen molar-refractivity contribution in [2.24, 2.45) is 5.92 Å². The molecule has 23 heavy (non-hydrogen) atoms. The molecule has 2 N–H and O–H groups in total. The lowest BCUT2D eigenvalue weighted by molar-refractivity contribution is 0.0955. The number of carbonyl (C=O) groups excluding carboxylic acids is 1. The second kappa shape index (κ2) is 7.65. The number of ether oxygens (including phenoxy) is 2.